The van der Waals surface area contributed by atoms with Crippen LogP contribution < -0.4 is 5.32 Å². The number of ether oxygens (including phenoxy) is 2. The fourth-order valence-corrected chi connectivity index (χ4v) is 9.90. The van der Waals surface area contributed by atoms with Crippen molar-refractivity contribution in [1.29, 1.82) is 0 Å². The highest BCUT2D eigenvalue weighted by molar-refractivity contribution is 6.42. The average Bonchev–Trinajstić information content (AvgIpc) is 3.61. The van der Waals surface area contributed by atoms with Gasteiger partial charge in [0.25, 0.3) is 11.8 Å². The molecule has 0 unspecified atom stereocenters. The smallest absolute Gasteiger partial charge is 0.388 e. The zero-order chi connectivity index (χ0) is 48.3. The van der Waals surface area contributed by atoms with Crippen molar-refractivity contribution in [3.05, 3.63) is 134 Å². The normalized spacial score (nSPS) is 19.6. The molecule has 7 rings (SSSR count). The molecule has 4 aromatic rings. The molecule has 0 aromatic heterocycles. The predicted molar refractivity (Wildman–Crippen MR) is 243 cm³/mol. The number of benzene rings is 4. The number of carbonyl (C=O) groups is 3. The molecule has 2 heterocycles. The average molecular weight is 977 g/mol. The molecule has 2 atom stereocenters. The van der Waals surface area contributed by atoms with Gasteiger partial charge in [-0.2, -0.15) is 26.3 Å². The van der Waals surface area contributed by atoms with E-state index < -0.39 is 40.6 Å². The van der Waals surface area contributed by atoms with E-state index in [1.807, 2.05) is 31.3 Å². The van der Waals surface area contributed by atoms with Gasteiger partial charge in [0.2, 0.25) is 5.91 Å². The van der Waals surface area contributed by atoms with Gasteiger partial charge in [-0.15, -0.1) is 0 Å². The zero-order valence-electron chi connectivity index (χ0n) is 37.4. The maximum absolute atomic E-state index is 13.9. The minimum atomic E-state index is -5.12. The van der Waals surface area contributed by atoms with Crippen LogP contribution in [0.3, 0.4) is 0 Å². The second-order valence-corrected chi connectivity index (χ2v) is 18.4. The molecule has 3 aliphatic rings. The van der Waals surface area contributed by atoms with Gasteiger partial charge in [-0.05, 0) is 116 Å². The SMILES string of the molecule is CNc1ccc(C(=O)N(C)CCCN(C)C(=O)CO[C@H]2Cc3ccccc3C23CCN(CC[C@@]2(c4ccc(Cl)c(Cl)c4)CN(C(=O)c4cc(C(F)(F)F)cc(C(F)(F)F)c4)CCO2)CC3)cc1. The molecule has 2 fully saturated rings. The Morgan fingerprint density at radius 3 is 2.12 bits per heavy atom. The first-order valence-electron chi connectivity index (χ1n) is 22.1. The number of piperidine rings is 1. The summed E-state index contributed by atoms with van der Waals surface area (Å²) in [6, 6.07) is 21.2. The lowest BCUT2D eigenvalue weighted by molar-refractivity contribution is -0.143. The molecule has 2 aliphatic heterocycles. The van der Waals surface area contributed by atoms with Crippen molar-refractivity contribution in [2.75, 3.05) is 85.5 Å². The van der Waals surface area contributed by atoms with Gasteiger partial charge in [0.15, 0.2) is 0 Å². The molecule has 360 valence electrons. The van der Waals surface area contributed by atoms with E-state index in [2.05, 4.69) is 22.3 Å². The lowest BCUT2D eigenvalue weighted by Gasteiger charge is -2.46. The van der Waals surface area contributed by atoms with Crippen LogP contribution in [0, 0.1) is 0 Å². The lowest BCUT2D eigenvalue weighted by atomic mass is 9.72. The van der Waals surface area contributed by atoms with Crippen molar-refractivity contribution in [2.45, 2.75) is 61.6 Å². The van der Waals surface area contributed by atoms with E-state index >= 15 is 0 Å². The molecule has 2 saturated heterocycles. The third-order valence-corrected chi connectivity index (χ3v) is 14.2. The van der Waals surface area contributed by atoms with Gasteiger partial charge in [-0.1, -0.05) is 53.5 Å². The minimum Gasteiger partial charge on any atom is -0.388 e. The molecule has 1 N–H and O–H groups in total. The van der Waals surface area contributed by atoms with Crippen molar-refractivity contribution in [3.63, 3.8) is 0 Å². The van der Waals surface area contributed by atoms with Crippen LogP contribution in [-0.2, 0) is 44.1 Å². The summed E-state index contributed by atoms with van der Waals surface area (Å²) >= 11 is 12.8. The Morgan fingerprint density at radius 2 is 1.48 bits per heavy atom. The number of morpholine rings is 1. The summed E-state index contributed by atoms with van der Waals surface area (Å²) in [5, 5.41) is 3.51. The Kier molecular flexibility index (Phi) is 15.2. The van der Waals surface area contributed by atoms with Gasteiger partial charge < -0.3 is 34.4 Å². The third kappa shape index (κ3) is 11.2. The van der Waals surface area contributed by atoms with Crippen LogP contribution in [0.4, 0.5) is 32.0 Å². The van der Waals surface area contributed by atoms with Crippen LogP contribution in [0.1, 0.15) is 74.2 Å². The van der Waals surface area contributed by atoms with Crippen LogP contribution in [0.15, 0.2) is 84.9 Å². The fourth-order valence-electron chi connectivity index (χ4n) is 9.60. The maximum Gasteiger partial charge on any atom is 0.416 e. The van der Waals surface area contributed by atoms with Crippen LogP contribution in [-0.4, -0.2) is 124 Å². The number of hydrogen-bond acceptors (Lipinski definition) is 7. The van der Waals surface area contributed by atoms with Gasteiger partial charge in [0, 0.05) is 69.6 Å². The monoisotopic (exact) mass is 975 g/mol. The lowest BCUT2D eigenvalue weighted by Crippen LogP contribution is -2.54. The number of alkyl halides is 6. The molecule has 10 nitrogen and oxygen atoms in total. The highest BCUT2D eigenvalue weighted by atomic mass is 35.5. The molecule has 67 heavy (non-hydrogen) atoms. The molecule has 0 bridgehead atoms. The summed E-state index contributed by atoms with van der Waals surface area (Å²) < 4.78 is 95.7. The summed E-state index contributed by atoms with van der Waals surface area (Å²) in [4.78, 5) is 47.0. The number of likely N-dealkylation sites (N-methyl/N-ethyl adjacent to an activating group) is 1. The summed E-state index contributed by atoms with van der Waals surface area (Å²) in [6.45, 7) is 2.23. The highest BCUT2D eigenvalue weighted by Gasteiger charge is 2.50. The van der Waals surface area contributed by atoms with E-state index in [1.54, 1.807) is 54.2 Å². The predicted octanol–water partition coefficient (Wildman–Crippen LogP) is 9.43. The number of amides is 3. The fraction of sp³-hybridized carbons (Fsp3) is 0.449. The molecular weight excluding hydrogens is 923 g/mol. The summed E-state index contributed by atoms with van der Waals surface area (Å²) in [5.41, 5.74) is -1.11. The minimum absolute atomic E-state index is 0.00297. The van der Waals surface area contributed by atoms with Gasteiger partial charge in [0.1, 0.15) is 12.2 Å². The van der Waals surface area contributed by atoms with Crippen LogP contribution in [0.5, 0.6) is 0 Å². The number of fused-ring (bicyclic) bond motifs is 2. The Labute approximate surface area is 396 Å². The number of carbonyl (C=O) groups excluding carboxylic acids is 3. The summed E-state index contributed by atoms with van der Waals surface area (Å²) in [5.74, 6) is -1.26. The molecule has 4 aromatic carbocycles. The first kappa shape index (κ1) is 50.0. The summed E-state index contributed by atoms with van der Waals surface area (Å²) in [7, 11) is 5.28. The van der Waals surface area contributed by atoms with Crippen LogP contribution >= 0.6 is 23.2 Å². The van der Waals surface area contributed by atoms with Gasteiger partial charge in [0.05, 0.1) is 40.4 Å². The number of nitrogens with zero attached hydrogens (tertiary/aromatic N) is 4. The van der Waals surface area contributed by atoms with Crippen molar-refractivity contribution in [1.82, 2.24) is 19.6 Å². The molecule has 0 saturated carbocycles. The van der Waals surface area contributed by atoms with Crippen LogP contribution in [0.25, 0.3) is 0 Å². The quantitative estimate of drug-likeness (QED) is 0.126. The van der Waals surface area contributed by atoms with Crippen molar-refractivity contribution < 1.29 is 50.2 Å². The van der Waals surface area contributed by atoms with Gasteiger partial charge in [-0.25, -0.2) is 0 Å². The van der Waals surface area contributed by atoms with E-state index in [9.17, 15) is 40.7 Å². The van der Waals surface area contributed by atoms with Crippen molar-refractivity contribution in [3.8, 4) is 0 Å². The molecular formula is C49H53Cl2F6N5O5. The highest BCUT2D eigenvalue weighted by Crippen LogP contribution is 2.48. The maximum atomic E-state index is 13.9. The summed E-state index contributed by atoms with van der Waals surface area (Å²) in [6.07, 6.45) is -7.58. The van der Waals surface area contributed by atoms with E-state index in [0.717, 1.165) is 11.3 Å². The topological polar surface area (TPSA) is 94.7 Å². The van der Waals surface area contributed by atoms with Crippen LogP contribution in [0.2, 0.25) is 10.0 Å². The number of halogens is 8. The number of hydrogen-bond donors (Lipinski definition) is 1. The number of anilines is 1. The molecule has 1 spiro atoms. The second-order valence-electron chi connectivity index (χ2n) is 17.6. The Bertz CT molecular complexity index is 2400. The van der Waals surface area contributed by atoms with E-state index in [1.165, 1.54) is 10.5 Å². The molecule has 1 aliphatic carbocycles. The van der Waals surface area contributed by atoms with E-state index in [0.29, 0.717) is 88.1 Å². The first-order chi connectivity index (χ1) is 31.7. The second kappa shape index (κ2) is 20.4. The largest absolute Gasteiger partial charge is 0.416 e. The standard InChI is InChI=1S/C49H53Cl2F6N5O5/c1-58-38-12-9-32(10-13-38)44(64)60(3)19-6-18-59(2)43(63)30-66-42-27-33-7-4-5-8-39(33)46(42)15-20-61(21-16-46)22-17-47(35-11-14-40(50)41(51)29-35)31-62(23-24-67-47)45(65)34-25-36(48(52,53)54)28-37(26-34)49(55,56)57/h4-5,7-14,25-26,28-29,42,58H,6,15-24,27,30-31H2,1-3H3/t42-,47-/m0/s1. The van der Waals surface area contributed by atoms with Crippen molar-refractivity contribution in [2.24, 2.45) is 0 Å². The van der Waals surface area contributed by atoms with Gasteiger partial charge >= 0.3 is 12.4 Å². The Morgan fingerprint density at radius 1 is 0.821 bits per heavy atom. The third-order valence-electron chi connectivity index (χ3n) is 13.5. The number of nitrogens with one attached hydrogen (secondary N) is 1. The van der Waals surface area contributed by atoms with Crippen molar-refractivity contribution >= 4 is 46.6 Å². The van der Waals surface area contributed by atoms with E-state index in [-0.39, 0.29) is 65.7 Å². The molecule has 0 radical (unpaired) electrons. The van der Waals surface area contributed by atoms with Gasteiger partial charge in [-0.3, -0.25) is 14.4 Å². The Balaban J connectivity index is 1.00. The first-order valence-corrected chi connectivity index (χ1v) is 22.9. The Hall–Kier alpha value is -4.87. The molecule has 18 heteroatoms. The number of likely N-dealkylation sites (tertiary alicyclic amines) is 1. The molecule has 3 amide bonds. The van der Waals surface area contributed by atoms with E-state index in [4.69, 9.17) is 32.7 Å². The number of rotatable bonds is 14. The zero-order valence-corrected chi connectivity index (χ0v) is 38.9.